The van der Waals surface area contributed by atoms with E-state index in [1.807, 2.05) is 18.0 Å². The first-order valence-corrected chi connectivity index (χ1v) is 5.06. The largest absolute Gasteiger partial charge is 0.375 e. The van der Waals surface area contributed by atoms with Gasteiger partial charge in [-0.05, 0) is 31.5 Å². The third-order valence-electron chi connectivity index (χ3n) is 2.27. The SMILES string of the molecule is CC(=O)CCCN(C)c1cccc(F)c1. The maximum Gasteiger partial charge on any atom is 0.129 e. The predicted molar refractivity (Wildman–Crippen MR) is 59.6 cm³/mol. The van der Waals surface area contributed by atoms with Crippen molar-refractivity contribution < 1.29 is 9.18 Å². The Balaban J connectivity index is 2.46. The van der Waals surface area contributed by atoms with Crippen molar-refractivity contribution >= 4 is 11.5 Å². The number of carbonyl (C=O) groups excluding carboxylic acids is 1. The van der Waals surface area contributed by atoms with Crippen LogP contribution in [0.4, 0.5) is 10.1 Å². The third-order valence-corrected chi connectivity index (χ3v) is 2.27. The first-order chi connectivity index (χ1) is 7.09. The lowest BCUT2D eigenvalue weighted by atomic mass is 10.2. The zero-order valence-corrected chi connectivity index (χ0v) is 9.16. The van der Waals surface area contributed by atoms with Gasteiger partial charge in [-0.15, -0.1) is 0 Å². The van der Waals surface area contributed by atoms with Gasteiger partial charge in [-0.2, -0.15) is 0 Å². The Morgan fingerprint density at radius 3 is 2.80 bits per heavy atom. The van der Waals surface area contributed by atoms with E-state index < -0.39 is 0 Å². The van der Waals surface area contributed by atoms with Gasteiger partial charge in [0, 0.05) is 25.7 Å². The van der Waals surface area contributed by atoms with Crippen LogP contribution in [0, 0.1) is 5.82 Å². The molecule has 0 radical (unpaired) electrons. The van der Waals surface area contributed by atoms with Crippen LogP contribution >= 0.6 is 0 Å². The molecule has 0 heterocycles. The fourth-order valence-electron chi connectivity index (χ4n) is 1.41. The molecule has 0 aromatic heterocycles. The molecule has 0 spiro atoms. The molecule has 0 aliphatic heterocycles. The summed E-state index contributed by atoms with van der Waals surface area (Å²) < 4.78 is 12.9. The molecule has 0 saturated heterocycles. The van der Waals surface area contributed by atoms with Crippen molar-refractivity contribution in [3.63, 3.8) is 0 Å². The minimum Gasteiger partial charge on any atom is -0.375 e. The summed E-state index contributed by atoms with van der Waals surface area (Å²) in [5.41, 5.74) is 0.846. The molecule has 0 aliphatic rings. The smallest absolute Gasteiger partial charge is 0.129 e. The van der Waals surface area contributed by atoms with Crippen LogP contribution in [0.2, 0.25) is 0 Å². The molecule has 2 nitrogen and oxygen atoms in total. The quantitative estimate of drug-likeness (QED) is 0.743. The highest BCUT2D eigenvalue weighted by Gasteiger charge is 2.02. The molecule has 0 fully saturated rings. The van der Waals surface area contributed by atoms with Crippen molar-refractivity contribution in [2.45, 2.75) is 19.8 Å². The molecule has 0 atom stereocenters. The summed E-state index contributed by atoms with van der Waals surface area (Å²) in [7, 11) is 1.90. The lowest BCUT2D eigenvalue weighted by Gasteiger charge is -2.18. The molecule has 0 amide bonds. The molecule has 0 N–H and O–H groups in total. The fourth-order valence-corrected chi connectivity index (χ4v) is 1.41. The highest BCUT2D eigenvalue weighted by Crippen LogP contribution is 2.14. The predicted octanol–water partition coefficient (Wildman–Crippen LogP) is 2.63. The Morgan fingerprint density at radius 1 is 1.47 bits per heavy atom. The third kappa shape index (κ3) is 4.11. The van der Waals surface area contributed by atoms with Gasteiger partial charge in [0.1, 0.15) is 11.6 Å². The molecule has 0 bridgehead atoms. The summed E-state index contributed by atoms with van der Waals surface area (Å²) in [4.78, 5) is 12.7. The van der Waals surface area contributed by atoms with E-state index >= 15 is 0 Å². The molecule has 82 valence electrons. The number of anilines is 1. The van der Waals surface area contributed by atoms with Crippen LogP contribution in [0.5, 0.6) is 0 Å². The van der Waals surface area contributed by atoms with E-state index in [-0.39, 0.29) is 11.6 Å². The monoisotopic (exact) mass is 209 g/mol. The van der Waals surface area contributed by atoms with Crippen LogP contribution in [-0.2, 0) is 4.79 Å². The topological polar surface area (TPSA) is 20.3 Å². The van der Waals surface area contributed by atoms with E-state index in [0.29, 0.717) is 6.42 Å². The number of Topliss-reactive ketones (excluding diaryl/α,β-unsaturated/α-hetero) is 1. The van der Waals surface area contributed by atoms with E-state index in [2.05, 4.69) is 0 Å². The van der Waals surface area contributed by atoms with E-state index in [1.54, 1.807) is 13.0 Å². The van der Waals surface area contributed by atoms with Crippen molar-refractivity contribution in [2.24, 2.45) is 0 Å². The minimum absolute atomic E-state index is 0.197. The number of halogens is 1. The summed E-state index contributed by atoms with van der Waals surface area (Å²) in [6, 6.07) is 6.46. The van der Waals surface area contributed by atoms with E-state index in [0.717, 1.165) is 18.7 Å². The number of carbonyl (C=O) groups is 1. The van der Waals surface area contributed by atoms with Crippen molar-refractivity contribution in [2.75, 3.05) is 18.5 Å². The summed E-state index contributed by atoms with van der Waals surface area (Å²) >= 11 is 0. The second kappa shape index (κ2) is 5.49. The number of nitrogens with zero attached hydrogens (tertiary/aromatic N) is 1. The average molecular weight is 209 g/mol. The molecular formula is C12H16FNO. The highest BCUT2D eigenvalue weighted by molar-refractivity contribution is 5.75. The maximum atomic E-state index is 12.9. The Bertz CT molecular complexity index is 338. The van der Waals surface area contributed by atoms with Crippen LogP contribution in [0.3, 0.4) is 0 Å². The lowest BCUT2D eigenvalue weighted by molar-refractivity contribution is -0.117. The number of benzene rings is 1. The van der Waals surface area contributed by atoms with Gasteiger partial charge < -0.3 is 9.69 Å². The van der Waals surface area contributed by atoms with E-state index in [4.69, 9.17) is 0 Å². The van der Waals surface area contributed by atoms with Crippen LogP contribution in [0.1, 0.15) is 19.8 Å². The van der Waals surface area contributed by atoms with Crippen molar-refractivity contribution in [1.82, 2.24) is 0 Å². The van der Waals surface area contributed by atoms with Crippen molar-refractivity contribution in [3.05, 3.63) is 30.1 Å². The van der Waals surface area contributed by atoms with Gasteiger partial charge in [0.2, 0.25) is 0 Å². The first-order valence-electron chi connectivity index (χ1n) is 5.06. The van der Waals surface area contributed by atoms with Gasteiger partial charge in [-0.3, -0.25) is 0 Å². The molecule has 3 heteroatoms. The molecule has 1 rings (SSSR count). The van der Waals surface area contributed by atoms with Crippen LogP contribution in [0.15, 0.2) is 24.3 Å². The molecule has 0 saturated carbocycles. The Hall–Kier alpha value is -1.38. The Labute approximate surface area is 89.7 Å². The van der Waals surface area contributed by atoms with Crippen LogP contribution in [-0.4, -0.2) is 19.4 Å². The normalized spacial score (nSPS) is 10.1. The van der Waals surface area contributed by atoms with Crippen LogP contribution < -0.4 is 4.90 Å². The number of hydrogen-bond donors (Lipinski definition) is 0. The van der Waals surface area contributed by atoms with Gasteiger partial charge in [0.05, 0.1) is 0 Å². The summed E-state index contributed by atoms with van der Waals surface area (Å²) in [5.74, 6) is -0.0337. The zero-order chi connectivity index (χ0) is 11.3. The van der Waals surface area contributed by atoms with Gasteiger partial charge in [-0.25, -0.2) is 4.39 Å². The van der Waals surface area contributed by atoms with Crippen LogP contribution in [0.25, 0.3) is 0 Å². The molecule has 0 aliphatic carbocycles. The lowest BCUT2D eigenvalue weighted by Crippen LogP contribution is -2.19. The Kier molecular flexibility index (Phi) is 4.28. The summed E-state index contributed by atoms with van der Waals surface area (Å²) in [6.07, 6.45) is 1.39. The van der Waals surface area contributed by atoms with Gasteiger partial charge >= 0.3 is 0 Å². The summed E-state index contributed by atoms with van der Waals surface area (Å²) in [5, 5.41) is 0. The maximum absolute atomic E-state index is 12.9. The Morgan fingerprint density at radius 2 is 2.20 bits per heavy atom. The average Bonchev–Trinajstić information content (AvgIpc) is 2.17. The van der Waals surface area contributed by atoms with Crippen molar-refractivity contribution in [1.29, 1.82) is 0 Å². The second-order valence-corrected chi connectivity index (χ2v) is 3.71. The van der Waals surface area contributed by atoms with Gasteiger partial charge in [0.25, 0.3) is 0 Å². The van der Waals surface area contributed by atoms with Gasteiger partial charge in [0.15, 0.2) is 0 Å². The van der Waals surface area contributed by atoms with E-state index in [9.17, 15) is 9.18 Å². The zero-order valence-electron chi connectivity index (χ0n) is 9.16. The molecular weight excluding hydrogens is 193 g/mol. The van der Waals surface area contributed by atoms with E-state index in [1.165, 1.54) is 12.1 Å². The minimum atomic E-state index is -0.231. The second-order valence-electron chi connectivity index (χ2n) is 3.71. The molecule has 0 unspecified atom stereocenters. The number of rotatable bonds is 5. The highest BCUT2D eigenvalue weighted by atomic mass is 19.1. The number of ketones is 1. The fraction of sp³-hybridized carbons (Fsp3) is 0.417. The first kappa shape index (κ1) is 11.7. The van der Waals surface area contributed by atoms with Crippen molar-refractivity contribution in [3.8, 4) is 0 Å². The standard InChI is InChI=1S/C12H16FNO/c1-10(15)5-4-8-14(2)12-7-3-6-11(13)9-12/h3,6-7,9H,4-5,8H2,1-2H3. The number of hydrogen-bond acceptors (Lipinski definition) is 2. The molecule has 15 heavy (non-hydrogen) atoms. The molecule has 1 aromatic carbocycles. The molecule has 1 aromatic rings. The summed E-state index contributed by atoms with van der Waals surface area (Å²) in [6.45, 7) is 2.35. The van der Waals surface area contributed by atoms with Gasteiger partial charge in [-0.1, -0.05) is 6.07 Å².